The van der Waals surface area contributed by atoms with E-state index < -0.39 is 49.2 Å². The summed E-state index contributed by atoms with van der Waals surface area (Å²) >= 11 is 6.21. The van der Waals surface area contributed by atoms with Crippen molar-refractivity contribution in [2.24, 2.45) is 4.99 Å². The topological polar surface area (TPSA) is 76.0 Å². The van der Waals surface area contributed by atoms with Gasteiger partial charge in [-0.05, 0) is 81.3 Å². The van der Waals surface area contributed by atoms with Crippen molar-refractivity contribution in [3.63, 3.8) is 0 Å². The number of halogens is 5. The van der Waals surface area contributed by atoms with Crippen LogP contribution in [0.25, 0.3) is 11.6 Å². The van der Waals surface area contributed by atoms with Gasteiger partial charge in [0.15, 0.2) is 9.84 Å². The van der Waals surface area contributed by atoms with Crippen molar-refractivity contribution in [3.8, 4) is 5.75 Å². The van der Waals surface area contributed by atoms with Gasteiger partial charge in [-0.1, -0.05) is 35.9 Å². The zero-order valence-corrected chi connectivity index (χ0v) is 24.9. The number of aliphatic imine (C=N–C) groups is 1. The Hall–Kier alpha value is -3.21. The first-order valence-corrected chi connectivity index (χ1v) is 15.0. The lowest BCUT2D eigenvalue weighted by atomic mass is 9.97. The maximum atomic E-state index is 14.5. The fourth-order valence-corrected chi connectivity index (χ4v) is 6.84. The van der Waals surface area contributed by atoms with E-state index in [0.717, 1.165) is 18.2 Å². The molecule has 42 heavy (non-hydrogen) atoms. The standard InChI is InChI=1S/C31H30ClF4NO4S/c1-18(29-25(32)9-6-10-26(29)33)13-20-11-12-27-24(14-20)28(16-22(41-27)17-37-19(2)30(3,4)38)42(39,40)23-8-5-7-21(15-23)31(34,35)36/h5-15,22,28,38H,16-17H2,1-4H3. The van der Waals surface area contributed by atoms with Crippen LogP contribution in [0.3, 0.4) is 0 Å². The summed E-state index contributed by atoms with van der Waals surface area (Å²) in [5, 5.41) is 9.16. The van der Waals surface area contributed by atoms with Crippen LogP contribution in [0.5, 0.6) is 5.75 Å². The van der Waals surface area contributed by atoms with Crippen molar-refractivity contribution < 1.29 is 35.8 Å². The Kier molecular flexibility index (Phi) is 8.92. The van der Waals surface area contributed by atoms with E-state index >= 15 is 0 Å². The van der Waals surface area contributed by atoms with E-state index in [4.69, 9.17) is 16.3 Å². The van der Waals surface area contributed by atoms with E-state index in [1.165, 1.54) is 12.1 Å². The Morgan fingerprint density at radius 1 is 1.10 bits per heavy atom. The van der Waals surface area contributed by atoms with Crippen LogP contribution in [0.4, 0.5) is 17.6 Å². The zero-order chi connectivity index (χ0) is 31.0. The summed E-state index contributed by atoms with van der Waals surface area (Å²) in [4.78, 5) is 3.90. The summed E-state index contributed by atoms with van der Waals surface area (Å²) in [5.74, 6) is -0.283. The van der Waals surface area contributed by atoms with Crippen LogP contribution >= 0.6 is 11.6 Å². The lowest BCUT2D eigenvalue weighted by molar-refractivity contribution is -0.137. The van der Waals surface area contributed by atoms with Crippen molar-refractivity contribution in [2.75, 3.05) is 6.54 Å². The summed E-state index contributed by atoms with van der Waals surface area (Å²) in [6, 6.07) is 12.8. The number of rotatable bonds is 7. The molecule has 0 spiro atoms. The maximum absolute atomic E-state index is 14.5. The molecular formula is C31H30ClF4NO4S. The van der Waals surface area contributed by atoms with E-state index in [9.17, 15) is 31.1 Å². The molecule has 5 nitrogen and oxygen atoms in total. The van der Waals surface area contributed by atoms with Crippen molar-refractivity contribution in [3.05, 3.63) is 93.8 Å². The first-order valence-electron chi connectivity index (χ1n) is 13.1. The average molecular weight is 624 g/mol. The van der Waals surface area contributed by atoms with Gasteiger partial charge in [-0.3, -0.25) is 4.99 Å². The van der Waals surface area contributed by atoms with Crippen molar-refractivity contribution >= 4 is 38.8 Å². The fraction of sp³-hybridized carbons (Fsp3) is 0.323. The van der Waals surface area contributed by atoms with Gasteiger partial charge in [-0.15, -0.1) is 0 Å². The highest BCUT2D eigenvalue weighted by Gasteiger charge is 2.39. The average Bonchev–Trinajstić information content (AvgIpc) is 2.90. The van der Waals surface area contributed by atoms with Crippen molar-refractivity contribution in [2.45, 2.75) is 62.1 Å². The zero-order valence-electron chi connectivity index (χ0n) is 23.3. The predicted octanol–water partition coefficient (Wildman–Crippen LogP) is 7.96. The van der Waals surface area contributed by atoms with Gasteiger partial charge in [-0.25, -0.2) is 12.8 Å². The van der Waals surface area contributed by atoms with Gasteiger partial charge >= 0.3 is 6.18 Å². The third-order valence-corrected chi connectivity index (χ3v) is 9.60. The molecule has 0 saturated carbocycles. The summed E-state index contributed by atoms with van der Waals surface area (Å²) < 4.78 is 88.8. The van der Waals surface area contributed by atoms with Crippen molar-refractivity contribution in [1.29, 1.82) is 0 Å². The van der Waals surface area contributed by atoms with E-state index in [1.807, 2.05) is 0 Å². The first-order chi connectivity index (χ1) is 19.5. The molecule has 0 aromatic heterocycles. The highest BCUT2D eigenvalue weighted by molar-refractivity contribution is 7.91. The molecule has 4 rings (SSSR count). The molecule has 3 aromatic carbocycles. The van der Waals surface area contributed by atoms with Crippen LogP contribution in [0.1, 0.15) is 61.6 Å². The third-order valence-electron chi connectivity index (χ3n) is 7.17. The summed E-state index contributed by atoms with van der Waals surface area (Å²) in [6.07, 6.45) is -3.92. The molecule has 2 unspecified atom stereocenters. The molecule has 0 fully saturated rings. The number of hydrogen-bond acceptors (Lipinski definition) is 5. The van der Waals surface area contributed by atoms with E-state index in [-0.39, 0.29) is 34.9 Å². The van der Waals surface area contributed by atoms with Gasteiger partial charge in [0.1, 0.15) is 17.7 Å². The van der Waals surface area contributed by atoms with Gasteiger partial charge in [0, 0.05) is 23.3 Å². The van der Waals surface area contributed by atoms with Crippen LogP contribution in [0.2, 0.25) is 5.02 Å². The van der Waals surface area contributed by atoms with E-state index in [2.05, 4.69) is 4.99 Å². The molecule has 1 N–H and O–H groups in total. The molecule has 224 valence electrons. The van der Waals surface area contributed by atoms with Gasteiger partial charge in [0.25, 0.3) is 0 Å². The minimum Gasteiger partial charge on any atom is -0.488 e. The predicted molar refractivity (Wildman–Crippen MR) is 156 cm³/mol. The van der Waals surface area contributed by atoms with E-state index in [0.29, 0.717) is 22.9 Å². The lowest BCUT2D eigenvalue weighted by Gasteiger charge is -2.32. The number of fused-ring (bicyclic) bond motifs is 1. The SMILES string of the molecule is CC(=Cc1ccc2c(c1)C(S(=O)(=O)c1cccc(C(F)(F)F)c1)CC(CN=C(C)C(C)(C)O)O2)c1c(F)cccc1Cl. The third kappa shape index (κ3) is 6.88. The normalized spacial score (nSPS) is 18.4. The van der Waals surface area contributed by atoms with Crippen molar-refractivity contribution in [1.82, 2.24) is 0 Å². The fourth-order valence-electron chi connectivity index (χ4n) is 4.66. The number of aliphatic hydroxyl groups is 1. The van der Waals surface area contributed by atoms with Gasteiger partial charge in [0.2, 0.25) is 0 Å². The monoisotopic (exact) mass is 623 g/mol. The molecule has 1 aliphatic heterocycles. The molecule has 0 aliphatic carbocycles. The number of hydrogen-bond donors (Lipinski definition) is 1. The Labute approximate surface area is 247 Å². The highest BCUT2D eigenvalue weighted by Crippen LogP contribution is 2.44. The summed E-state index contributed by atoms with van der Waals surface area (Å²) in [7, 11) is -4.35. The first kappa shape index (κ1) is 31.7. The molecule has 1 heterocycles. The molecule has 0 saturated heterocycles. The molecule has 0 amide bonds. The number of allylic oxidation sites excluding steroid dienone is 1. The molecule has 1 aliphatic rings. The highest BCUT2D eigenvalue weighted by atomic mass is 35.5. The molecule has 0 radical (unpaired) electrons. The second kappa shape index (κ2) is 11.8. The molecule has 3 aromatic rings. The Bertz CT molecular complexity index is 1640. The number of alkyl halides is 3. The summed E-state index contributed by atoms with van der Waals surface area (Å²) in [6.45, 7) is 6.45. The van der Waals surface area contributed by atoms with Crippen LogP contribution in [0.15, 0.2) is 70.6 Å². The summed E-state index contributed by atoms with van der Waals surface area (Å²) in [5.41, 5.74) is -0.400. The van der Waals surface area contributed by atoms with Crippen LogP contribution in [-0.4, -0.2) is 37.5 Å². The quantitative estimate of drug-likeness (QED) is 0.165. The van der Waals surface area contributed by atoms with Gasteiger partial charge in [-0.2, -0.15) is 13.2 Å². The Morgan fingerprint density at radius 3 is 2.43 bits per heavy atom. The number of nitrogens with zero attached hydrogens (tertiary/aromatic N) is 1. The molecular weight excluding hydrogens is 594 g/mol. The maximum Gasteiger partial charge on any atom is 0.416 e. The van der Waals surface area contributed by atoms with Gasteiger partial charge in [0.05, 0.1) is 32.9 Å². The van der Waals surface area contributed by atoms with Crippen LogP contribution in [-0.2, 0) is 16.0 Å². The van der Waals surface area contributed by atoms with Crippen LogP contribution < -0.4 is 4.74 Å². The number of ether oxygens (including phenoxy) is 1. The lowest BCUT2D eigenvalue weighted by Crippen LogP contribution is -2.34. The minimum absolute atomic E-state index is 0.0242. The van der Waals surface area contributed by atoms with Crippen LogP contribution in [0, 0.1) is 5.82 Å². The number of benzene rings is 3. The Morgan fingerprint density at radius 2 is 1.79 bits per heavy atom. The minimum atomic E-state index is -4.73. The number of sulfone groups is 1. The second-order valence-corrected chi connectivity index (χ2v) is 13.3. The van der Waals surface area contributed by atoms with Gasteiger partial charge < -0.3 is 9.84 Å². The smallest absolute Gasteiger partial charge is 0.416 e. The molecule has 2 atom stereocenters. The Balaban J connectivity index is 1.81. The molecule has 0 bridgehead atoms. The van der Waals surface area contributed by atoms with E-state index in [1.54, 1.807) is 58.0 Å². The molecule has 11 heteroatoms. The largest absolute Gasteiger partial charge is 0.488 e. The second-order valence-electron chi connectivity index (χ2n) is 10.7.